The van der Waals surface area contributed by atoms with Gasteiger partial charge in [-0.25, -0.2) is 8.42 Å². The van der Waals surface area contributed by atoms with Crippen LogP contribution in [-0.4, -0.2) is 88.5 Å². The molecule has 9 heteroatoms. The number of likely N-dealkylation sites (N-methyl/N-ethyl adjacent to an activating group) is 1. The molecule has 1 aliphatic rings. The summed E-state index contributed by atoms with van der Waals surface area (Å²) in [6.07, 6.45) is 0. The SMILES string of the molecule is C=C(C)CN(CC)C(=O)CN1CCN(S(=O)(=O)c2cc(OC)ccc2OC)CC1. The second-order valence-corrected chi connectivity index (χ2v) is 8.97. The number of benzene rings is 1. The standard InChI is InChI=1S/C20H31N3O5S/c1-6-22(14-16(2)3)20(24)15-21-9-11-23(12-10-21)29(25,26)19-13-17(27-4)7-8-18(19)28-5/h7-8,13H,2,6,9-12,14-15H2,1,3-5H3. The molecule has 0 unspecified atom stereocenters. The zero-order valence-electron chi connectivity index (χ0n) is 17.7. The molecule has 0 aromatic heterocycles. The molecule has 0 saturated carbocycles. The largest absolute Gasteiger partial charge is 0.497 e. The molecule has 29 heavy (non-hydrogen) atoms. The molecule has 0 spiro atoms. The van der Waals surface area contributed by atoms with Crippen molar-refractivity contribution in [1.29, 1.82) is 0 Å². The van der Waals surface area contributed by atoms with Crippen molar-refractivity contribution in [2.24, 2.45) is 0 Å². The van der Waals surface area contributed by atoms with Crippen LogP contribution >= 0.6 is 0 Å². The molecule has 0 aliphatic carbocycles. The van der Waals surface area contributed by atoms with Crippen molar-refractivity contribution in [3.63, 3.8) is 0 Å². The monoisotopic (exact) mass is 425 g/mol. The molecule has 1 aliphatic heterocycles. The number of carbonyl (C=O) groups is 1. The number of piperazine rings is 1. The van der Waals surface area contributed by atoms with E-state index in [2.05, 4.69) is 6.58 Å². The Kier molecular flexibility index (Phi) is 8.06. The van der Waals surface area contributed by atoms with Crippen LogP contribution in [-0.2, 0) is 14.8 Å². The van der Waals surface area contributed by atoms with Gasteiger partial charge in [-0.05, 0) is 26.0 Å². The van der Waals surface area contributed by atoms with E-state index in [0.29, 0.717) is 45.0 Å². The lowest BCUT2D eigenvalue weighted by Gasteiger charge is -2.34. The van der Waals surface area contributed by atoms with E-state index in [9.17, 15) is 13.2 Å². The van der Waals surface area contributed by atoms with E-state index < -0.39 is 10.0 Å². The molecule has 2 rings (SSSR count). The van der Waals surface area contributed by atoms with Gasteiger partial charge in [0.2, 0.25) is 15.9 Å². The first-order valence-electron chi connectivity index (χ1n) is 9.59. The molecule has 162 valence electrons. The summed E-state index contributed by atoms with van der Waals surface area (Å²) >= 11 is 0. The van der Waals surface area contributed by atoms with Crippen molar-refractivity contribution >= 4 is 15.9 Å². The summed E-state index contributed by atoms with van der Waals surface area (Å²) in [5.74, 6) is 0.758. The summed E-state index contributed by atoms with van der Waals surface area (Å²) in [5, 5.41) is 0. The smallest absolute Gasteiger partial charge is 0.246 e. The summed E-state index contributed by atoms with van der Waals surface area (Å²) in [4.78, 5) is 16.3. The van der Waals surface area contributed by atoms with Crippen LogP contribution in [0.25, 0.3) is 0 Å². The molecule has 0 N–H and O–H groups in total. The van der Waals surface area contributed by atoms with Crippen LogP contribution in [0.2, 0.25) is 0 Å². The number of rotatable bonds is 9. The van der Waals surface area contributed by atoms with Gasteiger partial charge in [0, 0.05) is 45.3 Å². The number of hydrogen-bond donors (Lipinski definition) is 0. The number of nitrogens with zero attached hydrogens (tertiary/aromatic N) is 3. The zero-order valence-corrected chi connectivity index (χ0v) is 18.5. The van der Waals surface area contributed by atoms with Gasteiger partial charge in [0.1, 0.15) is 16.4 Å². The van der Waals surface area contributed by atoms with Crippen LogP contribution in [0.4, 0.5) is 0 Å². The van der Waals surface area contributed by atoms with Gasteiger partial charge in [-0.3, -0.25) is 9.69 Å². The Morgan fingerprint density at radius 3 is 2.34 bits per heavy atom. The van der Waals surface area contributed by atoms with E-state index >= 15 is 0 Å². The van der Waals surface area contributed by atoms with Crippen molar-refractivity contribution in [2.45, 2.75) is 18.7 Å². The number of amides is 1. The quantitative estimate of drug-likeness (QED) is 0.557. The number of carbonyl (C=O) groups excluding carboxylic acids is 1. The third-order valence-corrected chi connectivity index (χ3v) is 6.79. The van der Waals surface area contributed by atoms with E-state index in [4.69, 9.17) is 9.47 Å². The molecular weight excluding hydrogens is 394 g/mol. The van der Waals surface area contributed by atoms with Crippen molar-refractivity contribution in [2.75, 3.05) is 60.0 Å². The van der Waals surface area contributed by atoms with Gasteiger partial charge in [0.25, 0.3) is 0 Å². The summed E-state index contributed by atoms with van der Waals surface area (Å²) < 4.78 is 38.1. The average molecular weight is 426 g/mol. The Morgan fingerprint density at radius 1 is 1.17 bits per heavy atom. The van der Waals surface area contributed by atoms with E-state index in [1.165, 1.54) is 24.6 Å². The van der Waals surface area contributed by atoms with E-state index in [-0.39, 0.29) is 23.1 Å². The van der Waals surface area contributed by atoms with Crippen molar-refractivity contribution < 1.29 is 22.7 Å². The molecule has 1 saturated heterocycles. The number of ether oxygens (including phenoxy) is 2. The summed E-state index contributed by atoms with van der Waals surface area (Å²) in [6, 6.07) is 4.72. The minimum atomic E-state index is -3.73. The molecule has 1 aromatic rings. The number of methoxy groups -OCH3 is 2. The second kappa shape index (κ2) is 10.1. The lowest BCUT2D eigenvalue weighted by atomic mass is 10.3. The van der Waals surface area contributed by atoms with Gasteiger partial charge in [-0.2, -0.15) is 4.31 Å². The summed E-state index contributed by atoms with van der Waals surface area (Å²) in [5.41, 5.74) is 0.934. The normalized spacial score (nSPS) is 15.7. The average Bonchev–Trinajstić information content (AvgIpc) is 2.71. The van der Waals surface area contributed by atoms with E-state index in [1.807, 2.05) is 18.7 Å². The van der Waals surface area contributed by atoms with Gasteiger partial charge in [0.05, 0.1) is 20.8 Å². The van der Waals surface area contributed by atoms with Crippen molar-refractivity contribution in [3.05, 3.63) is 30.4 Å². The summed E-state index contributed by atoms with van der Waals surface area (Å²) in [6.45, 7) is 10.7. The molecule has 0 radical (unpaired) electrons. The third kappa shape index (κ3) is 5.71. The molecule has 1 amide bonds. The van der Waals surface area contributed by atoms with Gasteiger partial charge in [-0.1, -0.05) is 12.2 Å². The third-order valence-electron chi connectivity index (χ3n) is 4.87. The van der Waals surface area contributed by atoms with Gasteiger partial charge < -0.3 is 14.4 Å². The van der Waals surface area contributed by atoms with Gasteiger partial charge in [-0.15, -0.1) is 0 Å². The lowest BCUT2D eigenvalue weighted by molar-refractivity contribution is -0.132. The Bertz CT molecular complexity index is 833. The minimum Gasteiger partial charge on any atom is -0.497 e. The first-order chi connectivity index (χ1) is 13.7. The van der Waals surface area contributed by atoms with E-state index in [0.717, 1.165) is 5.57 Å². The Balaban J connectivity index is 2.05. The minimum absolute atomic E-state index is 0.0290. The maximum absolute atomic E-state index is 13.1. The molecular formula is C20H31N3O5S. The highest BCUT2D eigenvalue weighted by molar-refractivity contribution is 7.89. The number of hydrogen-bond acceptors (Lipinski definition) is 6. The Hall–Kier alpha value is -2.10. The molecule has 8 nitrogen and oxygen atoms in total. The molecule has 0 atom stereocenters. The lowest BCUT2D eigenvalue weighted by Crippen LogP contribution is -2.51. The van der Waals surface area contributed by atoms with Crippen LogP contribution in [0.1, 0.15) is 13.8 Å². The van der Waals surface area contributed by atoms with Crippen LogP contribution in [0.3, 0.4) is 0 Å². The second-order valence-electron chi connectivity index (χ2n) is 7.06. The zero-order chi connectivity index (χ0) is 21.6. The van der Waals surface area contributed by atoms with Crippen LogP contribution in [0.5, 0.6) is 11.5 Å². The first-order valence-corrected chi connectivity index (χ1v) is 11.0. The molecule has 1 fully saturated rings. The summed E-state index contributed by atoms with van der Waals surface area (Å²) in [7, 11) is -0.805. The first kappa shape index (κ1) is 23.2. The van der Waals surface area contributed by atoms with E-state index in [1.54, 1.807) is 17.0 Å². The van der Waals surface area contributed by atoms with Crippen LogP contribution in [0, 0.1) is 0 Å². The topological polar surface area (TPSA) is 79.4 Å². The Morgan fingerprint density at radius 2 is 1.83 bits per heavy atom. The van der Waals surface area contributed by atoms with Gasteiger partial charge >= 0.3 is 0 Å². The van der Waals surface area contributed by atoms with Crippen LogP contribution < -0.4 is 9.47 Å². The molecule has 1 heterocycles. The fourth-order valence-corrected chi connectivity index (χ4v) is 4.84. The predicted molar refractivity (Wildman–Crippen MR) is 112 cm³/mol. The Labute approximate surface area is 173 Å². The molecule has 1 aromatic carbocycles. The highest BCUT2D eigenvalue weighted by Crippen LogP contribution is 2.31. The van der Waals surface area contributed by atoms with Gasteiger partial charge in [0.15, 0.2) is 0 Å². The maximum atomic E-state index is 13.1. The van der Waals surface area contributed by atoms with Crippen molar-refractivity contribution in [3.8, 4) is 11.5 Å². The highest BCUT2D eigenvalue weighted by Gasteiger charge is 2.32. The van der Waals surface area contributed by atoms with Crippen molar-refractivity contribution in [1.82, 2.24) is 14.1 Å². The molecule has 0 bridgehead atoms. The fraction of sp³-hybridized carbons (Fsp3) is 0.550. The van der Waals surface area contributed by atoms with Crippen LogP contribution in [0.15, 0.2) is 35.2 Å². The highest BCUT2D eigenvalue weighted by atomic mass is 32.2. The number of sulfonamides is 1. The fourth-order valence-electron chi connectivity index (χ4n) is 3.25. The predicted octanol–water partition coefficient (Wildman–Crippen LogP) is 1.43. The maximum Gasteiger partial charge on any atom is 0.246 e.